The van der Waals surface area contributed by atoms with Crippen LogP contribution in [0.1, 0.15) is 33.3 Å². The second kappa shape index (κ2) is 8.15. The minimum atomic E-state index is -4.95. The van der Waals surface area contributed by atoms with E-state index in [0.29, 0.717) is 19.6 Å². The standard InChI is InChI=1S/C21H22F4N4O3S/c1-11-10-28(19(30)32-20(2,3)4)6-7-29(11)18-27-13-9-12(22)15(21(23,24)25)14(16(13)31-18)17-26-5-8-33-17/h5,8-9,11H,6-7,10H2,1-4H3/t11-/m0/s1. The lowest BCUT2D eigenvalue weighted by molar-refractivity contribution is -0.139. The van der Waals surface area contributed by atoms with Gasteiger partial charge in [0.05, 0.1) is 5.56 Å². The SMILES string of the molecule is C[C@H]1CN(C(=O)OC(C)(C)C)CCN1c1nc2cc(F)c(C(F)(F)F)c(-c3nccs3)c2o1. The lowest BCUT2D eigenvalue weighted by atomic mass is 10.1. The molecule has 7 nitrogen and oxygen atoms in total. The smallest absolute Gasteiger partial charge is 0.420 e. The van der Waals surface area contributed by atoms with Gasteiger partial charge in [0.15, 0.2) is 5.58 Å². The van der Waals surface area contributed by atoms with Gasteiger partial charge in [0.25, 0.3) is 6.01 Å². The second-order valence-corrected chi connectivity index (χ2v) is 9.65. The van der Waals surface area contributed by atoms with E-state index in [2.05, 4.69) is 9.97 Å². The molecule has 1 aliphatic heterocycles. The van der Waals surface area contributed by atoms with Gasteiger partial charge in [-0.1, -0.05) is 0 Å². The number of fused-ring (bicyclic) bond motifs is 1. The molecule has 0 radical (unpaired) electrons. The molecule has 3 aromatic rings. The summed E-state index contributed by atoms with van der Waals surface area (Å²) in [5.41, 5.74) is -2.76. The van der Waals surface area contributed by atoms with Crippen LogP contribution in [0.2, 0.25) is 0 Å². The van der Waals surface area contributed by atoms with Gasteiger partial charge in [-0.25, -0.2) is 14.2 Å². The van der Waals surface area contributed by atoms with Crippen molar-refractivity contribution in [2.24, 2.45) is 0 Å². The predicted octanol–water partition coefficient (Wildman–Crippen LogP) is 5.55. The van der Waals surface area contributed by atoms with Crippen LogP contribution >= 0.6 is 11.3 Å². The number of amides is 1. The largest absolute Gasteiger partial charge is 0.444 e. The lowest BCUT2D eigenvalue weighted by Gasteiger charge is -2.39. The van der Waals surface area contributed by atoms with E-state index in [1.54, 1.807) is 30.6 Å². The van der Waals surface area contributed by atoms with E-state index in [1.165, 1.54) is 11.6 Å². The summed E-state index contributed by atoms with van der Waals surface area (Å²) in [4.78, 5) is 23.9. The molecule has 0 N–H and O–H groups in total. The number of thiazole rings is 1. The maximum atomic E-state index is 14.6. The van der Waals surface area contributed by atoms with Gasteiger partial charge in [0, 0.05) is 43.3 Å². The third-order valence-electron chi connectivity index (χ3n) is 5.08. The van der Waals surface area contributed by atoms with Crippen LogP contribution in [-0.4, -0.2) is 52.2 Å². The van der Waals surface area contributed by atoms with E-state index in [4.69, 9.17) is 9.15 Å². The molecule has 33 heavy (non-hydrogen) atoms. The minimum absolute atomic E-state index is 0.0164. The number of piperazine rings is 1. The first-order valence-corrected chi connectivity index (χ1v) is 11.1. The van der Waals surface area contributed by atoms with Crippen molar-refractivity contribution in [2.75, 3.05) is 24.5 Å². The summed E-state index contributed by atoms with van der Waals surface area (Å²) < 4.78 is 66.9. The number of carbonyl (C=O) groups excluding carboxylic acids is 1. The Morgan fingerprint density at radius 1 is 1.27 bits per heavy atom. The van der Waals surface area contributed by atoms with Gasteiger partial charge in [-0.3, -0.25) is 0 Å². The Hall–Kier alpha value is -2.89. The quantitative estimate of drug-likeness (QED) is 0.442. The summed E-state index contributed by atoms with van der Waals surface area (Å²) in [5.74, 6) is -1.44. The van der Waals surface area contributed by atoms with E-state index in [-0.39, 0.29) is 28.2 Å². The molecular weight excluding hydrogens is 464 g/mol. The first kappa shape index (κ1) is 23.3. The van der Waals surface area contributed by atoms with Gasteiger partial charge >= 0.3 is 12.3 Å². The molecule has 4 rings (SSSR count). The molecule has 0 saturated carbocycles. The number of benzene rings is 1. The summed E-state index contributed by atoms with van der Waals surface area (Å²) >= 11 is 0.946. The number of hydrogen-bond donors (Lipinski definition) is 0. The van der Waals surface area contributed by atoms with Crippen LogP contribution in [0.25, 0.3) is 21.7 Å². The number of hydrogen-bond acceptors (Lipinski definition) is 7. The van der Waals surface area contributed by atoms with Gasteiger partial charge in [-0.05, 0) is 27.7 Å². The highest BCUT2D eigenvalue weighted by Crippen LogP contribution is 2.44. The Morgan fingerprint density at radius 3 is 2.58 bits per heavy atom. The molecule has 0 bridgehead atoms. The highest BCUT2D eigenvalue weighted by Gasteiger charge is 2.41. The third-order valence-corrected chi connectivity index (χ3v) is 5.87. The fourth-order valence-corrected chi connectivity index (χ4v) is 4.39. The first-order chi connectivity index (χ1) is 15.3. The molecule has 12 heteroatoms. The summed E-state index contributed by atoms with van der Waals surface area (Å²) in [7, 11) is 0. The highest BCUT2D eigenvalue weighted by molar-refractivity contribution is 7.13. The molecule has 0 unspecified atom stereocenters. The van der Waals surface area contributed by atoms with Gasteiger partial charge in [0.1, 0.15) is 27.5 Å². The van der Waals surface area contributed by atoms with Gasteiger partial charge in [0.2, 0.25) is 0 Å². The van der Waals surface area contributed by atoms with Crippen molar-refractivity contribution >= 4 is 34.5 Å². The Bertz CT molecular complexity index is 1170. The van der Waals surface area contributed by atoms with Crippen molar-refractivity contribution in [1.82, 2.24) is 14.9 Å². The molecule has 1 saturated heterocycles. The van der Waals surface area contributed by atoms with E-state index in [1.807, 2.05) is 6.92 Å². The van der Waals surface area contributed by atoms with Crippen LogP contribution < -0.4 is 4.90 Å². The zero-order valence-electron chi connectivity index (χ0n) is 18.4. The minimum Gasteiger partial charge on any atom is -0.444 e. The number of aromatic nitrogens is 2. The summed E-state index contributed by atoms with van der Waals surface area (Å²) in [6.07, 6.45) is -4.06. The third kappa shape index (κ3) is 4.61. The van der Waals surface area contributed by atoms with Crippen LogP contribution in [0, 0.1) is 5.82 Å². The molecule has 2 aromatic heterocycles. The lowest BCUT2D eigenvalue weighted by Crippen LogP contribution is -2.54. The average Bonchev–Trinajstić information content (AvgIpc) is 3.34. The van der Waals surface area contributed by atoms with Crippen molar-refractivity contribution < 1.29 is 31.5 Å². The Kier molecular flexibility index (Phi) is 5.75. The van der Waals surface area contributed by atoms with Crippen LogP contribution in [0.4, 0.5) is 28.4 Å². The molecule has 1 aliphatic rings. The van der Waals surface area contributed by atoms with Crippen molar-refractivity contribution in [3.8, 4) is 10.6 Å². The summed E-state index contributed by atoms with van der Waals surface area (Å²) in [6.45, 7) is 8.07. The summed E-state index contributed by atoms with van der Waals surface area (Å²) in [5, 5.41) is 1.49. The van der Waals surface area contributed by atoms with Crippen LogP contribution in [0.5, 0.6) is 0 Å². The number of carbonyl (C=O) groups is 1. The topological polar surface area (TPSA) is 71.7 Å². The Labute approximate surface area is 191 Å². The molecular formula is C21H22F4N4O3S. The van der Waals surface area contributed by atoms with Crippen molar-refractivity contribution in [3.63, 3.8) is 0 Å². The normalized spacial score (nSPS) is 17.6. The second-order valence-electron chi connectivity index (χ2n) is 8.76. The summed E-state index contributed by atoms with van der Waals surface area (Å²) in [6, 6.07) is 0.511. The first-order valence-electron chi connectivity index (χ1n) is 10.2. The number of oxazole rings is 1. The zero-order chi connectivity index (χ0) is 24.1. The number of rotatable bonds is 2. The molecule has 0 spiro atoms. The van der Waals surface area contributed by atoms with Crippen molar-refractivity contribution in [1.29, 1.82) is 0 Å². The molecule has 0 aliphatic carbocycles. The number of ether oxygens (including phenoxy) is 1. The number of alkyl halides is 3. The maximum absolute atomic E-state index is 14.6. The van der Waals surface area contributed by atoms with Crippen LogP contribution in [0.3, 0.4) is 0 Å². The van der Waals surface area contributed by atoms with Gasteiger partial charge in [-0.15, -0.1) is 11.3 Å². The monoisotopic (exact) mass is 486 g/mol. The fraction of sp³-hybridized carbons (Fsp3) is 0.476. The molecule has 178 valence electrons. The maximum Gasteiger partial charge on any atom is 0.420 e. The molecule has 1 amide bonds. The van der Waals surface area contributed by atoms with Crippen LogP contribution in [-0.2, 0) is 10.9 Å². The van der Waals surface area contributed by atoms with Crippen LogP contribution in [0.15, 0.2) is 22.1 Å². The zero-order valence-corrected chi connectivity index (χ0v) is 19.2. The van der Waals surface area contributed by atoms with E-state index < -0.39 is 34.8 Å². The Morgan fingerprint density at radius 2 is 2.00 bits per heavy atom. The van der Waals surface area contributed by atoms with Gasteiger partial charge in [-0.2, -0.15) is 18.2 Å². The van der Waals surface area contributed by atoms with E-state index >= 15 is 0 Å². The highest BCUT2D eigenvalue weighted by atomic mass is 32.1. The molecule has 3 heterocycles. The molecule has 1 atom stereocenters. The van der Waals surface area contributed by atoms with Gasteiger partial charge < -0.3 is 19.0 Å². The van der Waals surface area contributed by atoms with E-state index in [9.17, 15) is 22.4 Å². The predicted molar refractivity (Wildman–Crippen MR) is 115 cm³/mol. The number of anilines is 1. The van der Waals surface area contributed by atoms with E-state index in [0.717, 1.165) is 17.4 Å². The van der Waals surface area contributed by atoms with Crippen molar-refractivity contribution in [2.45, 2.75) is 45.5 Å². The fourth-order valence-electron chi connectivity index (χ4n) is 3.71. The molecule has 1 fully saturated rings. The molecule has 1 aromatic carbocycles. The van der Waals surface area contributed by atoms with Crippen molar-refractivity contribution in [3.05, 3.63) is 29.0 Å². The average molecular weight is 486 g/mol. The number of nitrogens with zero attached hydrogens (tertiary/aromatic N) is 4. The Balaban J connectivity index is 1.70. The number of halogens is 4.